The Balaban J connectivity index is 2.09. The largest absolute Gasteiger partial charge is 0.493 e. The van der Waals surface area contributed by atoms with Gasteiger partial charge in [0.25, 0.3) is 0 Å². The van der Waals surface area contributed by atoms with Crippen LogP contribution in [0.2, 0.25) is 0 Å². The number of rotatable bonds is 2. The number of ether oxygens (including phenoxy) is 2. The number of nitriles is 1. The van der Waals surface area contributed by atoms with Crippen LogP contribution in [0.25, 0.3) is 6.08 Å². The van der Waals surface area contributed by atoms with Crippen LogP contribution >= 0.6 is 0 Å². The molecule has 1 aliphatic heterocycles. The summed E-state index contributed by atoms with van der Waals surface area (Å²) in [5.74, 6) is 2.15. The van der Waals surface area contributed by atoms with Crippen LogP contribution in [0, 0.1) is 11.3 Å². The van der Waals surface area contributed by atoms with Gasteiger partial charge in [-0.25, -0.2) is 0 Å². The molecule has 3 rings (SSSR count). The second-order valence-electron chi connectivity index (χ2n) is 5.11. The van der Waals surface area contributed by atoms with Gasteiger partial charge in [0.15, 0.2) is 11.5 Å². The first-order chi connectivity index (χ1) is 9.35. The average Bonchev–Trinajstić information content (AvgIpc) is 2.84. The van der Waals surface area contributed by atoms with E-state index in [0.717, 1.165) is 29.9 Å². The normalized spacial score (nSPS) is 24.4. The average molecular weight is 255 g/mol. The zero-order valence-corrected chi connectivity index (χ0v) is 11.1. The molecule has 98 valence electrons. The van der Waals surface area contributed by atoms with Gasteiger partial charge in [-0.1, -0.05) is 12.5 Å². The number of allylic oxidation sites excluding steroid dienone is 1. The van der Waals surface area contributed by atoms with Gasteiger partial charge in [0.05, 0.1) is 13.2 Å². The van der Waals surface area contributed by atoms with Gasteiger partial charge >= 0.3 is 0 Å². The molecule has 3 nitrogen and oxygen atoms in total. The van der Waals surface area contributed by atoms with Crippen molar-refractivity contribution in [3.63, 3.8) is 0 Å². The van der Waals surface area contributed by atoms with E-state index in [-0.39, 0.29) is 6.10 Å². The number of hydrogen-bond donors (Lipinski definition) is 0. The fraction of sp³-hybridized carbons (Fsp3) is 0.438. The van der Waals surface area contributed by atoms with Gasteiger partial charge in [-0.2, -0.15) is 5.26 Å². The molecule has 1 aromatic rings. The van der Waals surface area contributed by atoms with Crippen molar-refractivity contribution in [2.45, 2.75) is 37.7 Å². The third kappa shape index (κ3) is 1.98. The highest BCUT2D eigenvalue weighted by Gasteiger charge is 2.39. The molecule has 1 fully saturated rings. The first kappa shape index (κ1) is 12.1. The molecule has 19 heavy (non-hydrogen) atoms. The Bertz CT molecular complexity index is 557. The van der Waals surface area contributed by atoms with Crippen molar-refractivity contribution < 1.29 is 9.47 Å². The highest BCUT2D eigenvalue weighted by Crippen LogP contribution is 2.51. The second kappa shape index (κ2) is 4.97. The van der Waals surface area contributed by atoms with Crippen LogP contribution < -0.4 is 9.47 Å². The number of methoxy groups -OCH3 is 1. The molecule has 0 amide bonds. The number of fused-ring (bicyclic) bond motifs is 3. The van der Waals surface area contributed by atoms with Crippen molar-refractivity contribution in [3.05, 3.63) is 29.3 Å². The van der Waals surface area contributed by atoms with Crippen LogP contribution in [-0.2, 0) is 0 Å². The van der Waals surface area contributed by atoms with Gasteiger partial charge in [0, 0.05) is 17.6 Å². The summed E-state index contributed by atoms with van der Waals surface area (Å²) in [7, 11) is 1.67. The van der Waals surface area contributed by atoms with Gasteiger partial charge in [0.2, 0.25) is 0 Å². The minimum Gasteiger partial charge on any atom is -0.493 e. The molecule has 0 unspecified atom stereocenters. The predicted octanol–water partition coefficient (Wildman–Crippen LogP) is 3.65. The van der Waals surface area contributed by atoms with Gasteiger partial charge in [-0.15, -0.1) is 0 Å². The van der Waals surface area contributed by atoms with Crippen molar-refractivity contribution in [1.82, 2.24) is 0 Å². The lowest BCUT2D eigenvalue weighted by atomic mass is 9.81. The molecule has 0 N–H and O–H groups in total. The zero-order valence-electron chi connectivity index (χ0n) is 11.1. The third-order valence-electron chi connectivity index (χ3n) is 4.09. The molecule has 0 saturated heterocycles. The predicted molar refractivity (Wildman–Crippen MR) is 73.3 cm³/mol. The van der Waals surface area contributed by atoms with E-state index in [2.05, 4.69) is 6.07 Å². The Morgan fingerprint density at radius 3 is 3.00 bits per heavy atom. The molecule has 0 spiro atoms. The number of hydrogen-bond acceptors (Lipinski definition) is 3. The first-order valence-electron chi connectivity index (χ1n) is 6.79. The Hall–Kier alpha value is -1.95. The maximum Gasteiger partial charge on any atom is 0.165 e. The Morgan fingerprint density at radius 2 is 2.21 bits per heavy atom. The summed E-state index contributed by atoms with van der Waals surface area (Å²) in [5.41, 5.74) is 2.32. The zero-order chi connectivity index (χ0) is 13.2. The smallest absolute Gasteiger partial charge is 0.165 e. The molecular weight excluding hydrogens is 238 g/mol. The fourth-order valence-electron chi connectivity index (χ4n) is 3.25. The molecule has 3 heteroatoms. The van der Waals surface area contributed by atoms with Gasteiger partial charge < -0.3 is 9.47 Å². The molecule has 1 aliphatic carbocycles. The number of nitrogens with zero attached hydrogens (tertiary/aromatic N) is 1. The highest BCUT2D eigenvalue weighted by atomic mass is 16.5. The molecule has 0 bridgehead atoms. The third-order valence-corrected chi connectivity index (χ3v) is 4.09. The fourth-order valence-corrected chi connectivity index (χ4v) is 3.25. The molecule has 0 aromatic heterocycles. The van der Waals surface area contributed by atoms with E-state index in [1.807, 2.05) is 18.2 Å². The first-order valence-corrected chi connectivity index (χ1v) is 6.79. The molecule has 1 saturated carbocycles. The topological polar surface area (TPSA) is 42.2 Å². The van der Waals surface area contributed by atoms with E-state index < -0.39 is 0 Å². The monoisotopic (exact) mass is 255 g/mol. The Morgan fingerprint density at radius 1 is 1.37 bits per heavy atom. The van der Waals surface area contributed by atoms with E-state index in [1.54, 1.807) is 7.11 Å². The summed E-state index contributed by atoms with van der Waals surface area (Å²) in [4.78, 5) is 0. The molecule has 2 atom stereocenters. The van der Waals surface area contributed by atoms with Crippen molar-refractivity contribution >= 4 is 6.08 Å². The Labute approximate surface area is 113 Å². The SMILES string of the molecule is COc1ccc(/C=C\C#N)c2c1O[C@@H]1CCCC[C@H]21. The molecule has 2 aliphatic rings. The van der Waals surface area contributed by atoms with Gasteiger partial charge in [-0.05, 0) is 37.0 Å². The van der Waals surface area contributed by atoms with E-state index in [9.17, 15) is 0 Å². The molecule has 1 heterocycles. The van der Waals surface area contributed by atoms with Gasteiger partial charge in [0.1, 0.15) is 6.10 Å². The summed E-state index contributed by atoms with van der Waals surface area (Å²) >= 11 is 0. The highest BCUT2D eigenvalue weighted by molar-refractivity contribution is 5.66. The van der Waals surface area contributed by atoms with Crippen LogP contribution in [0.3, 0.4) is 0 Å². The van der Waals surface area contributed by atoms with Crippen molar-refractivity contribution in [2.75, 3.05) is 7.11 Å². The maximum atomic E-state index is 8.72. The lowest BCUT2D eigenvalue weighted by Crippen LogP contribution is -2.22. The Kier molecular flexibility index (Phi) is 3.16. The van der Waals surface area contributed by atoms with Crippen molar-refractivity contribution in [1.29, 1.82) is 5.26 Å². The summed E-state index contributed by atoms with van der Waals surface area (Å²) in [6.07, 6.45) is 8.46. The quantitative estimate of drug-likeness (QED) is 0.757. The lowest BCUT2D eigenvalue weighted by Gasteiger charge is -2.24. The molecular formula is C16H17NO2. The van der Waals surface area contributed by atoms with Crippen LogP contribution in [0.15, 0.2) is 18.2 Å². The van der Waals surface area contributed by atoms with E-state index in [4.69, 9.17) is 14.7 Å². The summed E-state index contributed by atoms with van der Waals surface area (Å²) in [6.45, 7) is 0. The van der Waals surface area contributed by atoms with Crippen LogP contribution in [0.5, 0.6) is 11.5 Å². The summed E-state index contributed by atoms with van der Waals surface area (Å²) in [6, 6.07) is 6.00. The van der Waals surface area contributed by atoms with E-state index in [0.29, 0.717) is 5.92 Å². The lowest BCUT2D eigenvalue weighted by molar-refractivity contribution is 0.160. The molecule has 0 radical (unpaired) electrons. The van der Waals surface area contributed by atoms with Crippen molar-refractivity contribution in [3.8, 4) is 17.6 Å². The molecule has 1 aromatic carbocycles. The minimum atomic E-state index is 0.286. The van der Waals surface area contributed by atoms with Crippen LogP contribution in [0.1, 0.15) is 42.7 Å². The van der Waals surface area contributed by atoms with E-state index >= 15 is 0 Å². The van der Waals surface area contributed by atoms with Gasteiger partial charge in [-0.3, -0.25) is 0 Å². The van der Waals surface area contributed by atoms with E-state index in [1.165, 1.54) is 24.5 Å². The number of benzene rings is 1. The summed E-state index contributed by atoms with van der Waals surface area (Å²) in [5, 5.41) is 8.72. The van der Waals surface area contributed by atoms with Crippen LogP contribution in [0.4, 0.5) is 0 Å². The summed E-state index contributed by atoms with van der Waals surface area (Å²) < 4.78 is 11.5. The van der Waals surface area contributed by atoms with Crippen molar-refractivity contribution in [2.24, 2.45) is 0 Å². The van der Waals surface area contributed by atoms with Crippen LogP contribution in [-0.4, -0.2) is 13.2 Å². The second-order valence-corrected chi connectivity index (χ2v) is 5.11. The minimum absolute atomic E-state index is 0.286. The maximum absolute atomic E-state index is 8.72. The standard InChI is InChI=1S/C16H17NO2/c1-18-14-9-8-11(5-4-10-17)15-12-6-2-3-7-13(12)19-16(14)15/h4-5,8-9,12-13H,2-3,6-7H2,1H3/b5-4-/t12-,13+/m0/s1.